The van der Waals surface area contributed by atoms with Gasteiger partial charge in [0.1, 0.15) is 0 Å². The van der Waals surface area contributed by atoms with Crippen LogP contribution in [0, 0.1) is 5.92 Å². The van der Waals surface area contributed by atoms with Crippen LogP contribution >= 0.6 is 0 Å². The Morgan fingerprint density at radius 2 is 1.64 bits per heavy atom. The molecule has 0 spiro atoms. The molecule has 8 nitrogen and oxygen atoms in total. The Kier molecular flexibility index (Phi) is 6.44. The van der Waals surface area contributed by atoms with E-state index in [0.717, 1.165) is 11.3 Å². The Balaban J connectivity index is 1.78. The fraction of sp³-hybridized carbons (Fsp3) is 0.588. The lowest BCUT2D eigenvalue weighted by atomic mass is 9.97. The fourth-order valence-electron chi connectivity index (χ4n) is 2.86. The number of hydroxylamine groups is 2. The first-order chi connectivity index (χ1) is 11.9. The van der Waals surface area contributed by atoms with Gasteiger partial charge >= 0.3 is 5.97 Å². The van der Waals surface area contributed by atoms with Gasteiger partial charge in [-0.1, -0.05) is 19.8 Å². The van der Waals surface area contributed by atoms with Gasteiger partial charge in [0, 0.05) is 31.5 Å². The van der Waals surface area contributed by atoms with Crippen molar-refractivity contribution in [3.05, 3.63) is 12.2 Å². The van der Waals surface area contributed by atoms with E-state index in [2.05, 4.69) is 0 Å². The Hall–Kier alpha value is -2.51. The first-order valence-electron chi connectivity index (χ1n) is 8.55. The molecule has 2 rings (SSSR count). The summed E-state index contributed by atoms with van der Waals surface area (Å²) < 4.78 is 0. The van der Waals surface area contributed by atoms with Gasteiger partial charge in [-0.25, -0.2) is 4.79 Å². The highest BCUT2D eigenvalue weighted by Gasteiger charge is 2.34. The zero-order valence-corrected chi connectivity index (χ0v) is 14.2. The van der Waals surface area contributed by atoms with Crippen LogP contribution in [-0.2, 0) is 28.8 Å². The highest BCUT2D eigenvalue weighted by atomic mass is 16.7. The van der Waals surface area contributed by atoms with Crippen molar-refractivity contribution in [3.63, 3.8) is 0 Å². The third-order valence-electron chi connectivity index (χ3n) is 4.24. The van der Waals surface area contributed by atoms with Crippen molar-refractivity contribution in [3.8, 4) is 0 Å². The molecule has 2 aliphatic heterocycles. The van der Waals surface area contributed by atoms with Crippen LogP contribution in [0.2, 0.25) is 0 Å². The maximum absolute atomic E-state index is 12.2. The minimum atomic E-state index is -0.583. The quantitative estimate of drug-likeness (QED) is 0.456. The van der Waals surface area contributed by atoms with E-state index in [1.54, 1.807) is 0 Å². The Morgan fingerprint density at radius 3 is 2.20 bits per heavy atom. The lowest BCUT2D eigenvalue weighted by molar-refractivity contribution is -0.201. The average Bonchev–Trinajstić information content (AvgIpc) is 3.07. The molecule has 0 N–H and O–H groups in total. The number of unbranched alkanes of at least 4 members (excludes halogenated alkanes) is 1. The van der Waals surface area contributed by atoms with Gasteiger partial charge in [-0.05, 0) is 19.3 Å². The number of hydrogen-bond acceptors (Lipinski definition) is 6. The molecule has 136 valence electrons. The summed E-state index contributed by atoms with van der Waals surface area (Å²) in [7, 11) is 0. The second kappa shape index (κ2) is 8.55. The van der Waals surface area contributed by atoms with Crippen molar-refractivity contribution in [2.45, 2.75) is 51.9 Å². The molecule has 0 aliphatic carbocycles. The van der Waals surface area contributed by atoms with Crippen LogP contribution in [-0.4, -0.2) is 46.1 Å². The predicted octanol–water partition coefficient (Wildman–Crippen LogP) is 1.11. The van der Waals surface area contributed by atoms with E-state index in [1.807, 2.05) is 6.92 Å². The summed E-state index contributed by atoms with van der Waals surface area (Å²) in [5, 5.41) is 0.568. The van der Waals surface area contributed by atoms with E-state index in [4.69, 9.17) is 4.84 Å². The monoisotopic (exact) mass is 350 g/mol. The third-order valence-corrected chi connectivity index (χ3v) is 4.24. The molecule has 0 aromatic carbocycles. The standard InChI is InChI=1S/C17H22N2O6/c1-2-5-12(17(24)25-19-15(22)9-10-16(19)23)6-3-4-11-18-13(20)7-8-14(18)21/h7-8,12H,2-6,9-11H2,1H3. The predicted molar refractivity (Wildman–Crippen MR) is 85.3 cm³/mol. The Labute approximate surface area is 145 Å². The molecule has 0 aromatic heterocycles. The summed E-state index contributed by atoms with van der Waals surface area (Å²) in [5.74, 6) is -2.63. The van der Waals surface area contributed by atoms with E-state index in [1.165, 1.54) is 12.2 Å². The number of imide groups is 2. The van der Waals surface area contributed by atoms with Crippen LogP contribution in [0.25, 0.3) is 0 Å². The Bertz CT molecular complexity index is 578. The van der Waals surface area contributed by atoms with Gasteiger partial charge in [-0.3, -0.25) is 24.1 Å². The lowest BCUT2D eigenvalue weighted by Crippen LogP contribution is -2.34. The number of rotatable bonds is 9. The highest BCUT2D eigenvalue weighted by Crippen LogP contribution is 2.20. The summed E-state index contributed by atoms with van der Waals surface area (Å²) in [4.78, 5) is 64.3. The molecule has 0 saturated carbocycles. The normalized spacial score (nSPS) is 18.4. The van der Waals surface area contributed by atoms with Crippen LogP contribution in [0.1, 0.15) is 51.9 Å². The Morgan fingerprint density at radius 1 is 1.04 bits per heavy atom. The van der Waals surface area contributed by atoms with E-state index >= 15 is 0 Å². The molecule has 1 unspecified atom stereocenters. The summed E-state index contributed by atoms with van der Waals surface area (Å²) in [5.41, 5.74) is 0. The molecule has 25 heavy (non-hydrogen) atoms. The molecule has 1 fully saturated rings. The van der Waals surface area contributed by atoms with E-state index in [-0.39, 0.29) is 24.7 Å². The molecule has 1 atom stereocenters. The molecule has 0 aromatic rings. The first-order valence-corrected chi connectivity index (χ1v) is 8.55. The average molecular weight is 350 g/mol. The number of carbonyl (C=O) groups is 5. The van der Waals surface area contributed by atoms with Gasteiger partial charge in [0.25, 0.3) is 23.6 Å². The molecular weight excluding hydrogens is 328 g/mol. The maximum Gasteiger partial charge on any atom is 0.336 e. The van der Waals surface area contributed by atoms with Crippen LogP contribution in [0.5, 0.6) is 0 Å². The topological polar surface area (TPSA) is 101 Å². The van der Waals surface area contributed by atoms with Crippen LogP contribution in [0.4, 0.5) is 0 Å². The SMILES string of the molecule is CCCC(CCCCN1C(=O)C=CC1=O)C(=O)ON1C(=O)CCC1=O. The molecule has 1 saturated heterocycles. The zero-order valence-electron chi connectivity index (χ0n) is 14.2. The number of amides is 4. The second-order valence-corrected chi connectivity index (χ2v) is 6.14. The van der Waals surface area contributed by atoms with E-state index < -0.39 is 23.7 Å². The third kappa shape index (κ3) is 4.74. The van der Waals surface area contributed by atoms with Crippen molar-refractivity contribution in [2.24, 2.45) is 5.92 Å². The maximum atomic E-state index is 12.2. The van der Waals surface area contributed by atoms with E-state index in [0.29, 0.717) is 37.3 Å². The number of hydrogen-bond donors (Lipinski definition) is 0. The van der Waals surface area contributed by atoms with Crippen molar-refractivity contribution in [1.29, 1.82) is 0 Å². The van der Waals surface area contributed by atoms with Gasteiger partial charge in [-0.15, -0.1) is 5.06 Å². The lowest BCUT2D eigenvalue weighted by Gasteiger charge is -2.19. The van der Waals surface area contributed by atoms with Crippen molar-refractivity contribution in [2.75, 3.05) is 6.54 Å². The summed E-state index contributed by atoms with van der Waals surface area (Å²) in [6.07, 6.45) is 5.66. The van der Waals surface area contributed by atoms with Gasteiger partial charge in [0.15, 0.2) is 0 Å². The first kappa shape index (κ1) is 18.8. The minimum absolute atomic E-state index is 0.0660. The summed E-state index contributed by atoms with van der Waals surface area (Å²) in [6.45, 7) is 2.24. The van der Waals surface area contributed by atoms with Crippen molar-refractivity contribution >= 4 is 29.6 Å². The molecule has 0 bridgehead atoms. The minimum Gasteiger partial charge on any atom is -0.330 e. The molecule has 2 aliphatic rings. The van der Waals surface area contributed by atoms with Crippen LogP contribution < -0.4 is 0 Å². The fourth-order valence-corrected chi connectivity index (χ4v) is 2.86. The van der Waals surface area contributed by atoms with Gasteiger partial charge in [0.05, 0.1) is 5.92 Å². The highest BCUT2D eigenvalue weighted by molar-refractivity contribution is 6.12. The number of nitrogens with zero attached hydrogens (tertiary/aromatic N) is 2. The smallest absolute Gasteiger partial charge is 0.330 e. The van der Waals surface area contributed by atoms with Crippen LogP contribution in [0.3, 0.4) is 0 Å². The molecule has 0 radical (unpaired) electrons. The van der Waals surface area contributed by atoms with Crippen molar-refractivity contribution < 1.29 is 28.8 Å². The molecule has 4 amide bonds. The molecular formula is C17H22N2O6. The summed E-state index contributed by atoms with van der Waals surface area (Å²) >= 11 is 0. The van der Waals surface area contributed by atoms with Gasteiger partial charge in [0.2, 0.25) is 0 Å². The second-order valence-electron chi connectivity index (χ2n) is 6.14. The van der Waals surface area contributed by atoms with Gasteiger partial charge < -0.3 is 4.84 Å². The van der Waals surface area contributed by atoms with E-state index in [9.17, 15) is 24.0 Å². The van der Waals surface area contributed by atoms with Gasteiger partial charge in [-0.2, -0.15) is 0 Å². The van der Waals surface area contributed by atoms with Crippen LogP contribution in [0.15, 0.2) is 12.2 Å². The van der Waals surface area contributed by atoms with Crippen molar-refractivity contribution in [1.82, 2.24) is 9.96 Å². The molecule has 2 heterocycles. The largest absolute Gasteiger partial charge is 0.336 e. The summed E-state index contributed by atoms with van der Waals surface area (Å²) in [6, 6.07) is 0. The number of carbonyl (C=O) groups excluding carboxylic acids is 5. The molecule has 8 heteroatoms. The zero-order chi connectivity index (χ0) is 18.4.